The predicted molar refractivity (Wildman–Crippen MR) is 122 cm³/mol. The van der Waals surface area contributed by atoms with Gasteiger partial charge in [-0.3, -0.25) is 0 Å². The first-order chi connectivity index (χ1) is 14.3. The molecule has 0 radical (unpaired) electrons. The van der Waals surface area contributed by atoms with Crippen LogP contribution in [0.1, 0.15) is 85.0 Å². The SMILES string of the molecule is C=C(CN)CCC1O[C@H]2C[C@H]3[C@@H]4CCC5CC(O)CC[C@]5(C)[C@H]4CC[C@]3(C)[C@H]2[C@@H]1C. The monoisotopic (exact) mass is 415 g/mol. The van der Waals surface area contributed by atoms with Gasteiger partial charge in [-0.25, -0.2) is 0 Å². The van der Waals surface area contributed by atoms with Gasteiger partial charge in [-0.1, -0.05) is 32.9 Å². The molecule has 0 amide bonds. The van der Waals surface area contributed by atoms with E-state index in [0.29, 0.717) is 35.5 Å². The molecule has 3 nitrogen and oxygen atoms in total. The minimum absolute atomic E-state index is 0.0409. The molecule has 0 spiro atoms. The van der Waals surface area contributed by atoms with Crippen molar-refractivity contribution in [3.63, 3.8) is 0 Å². The quantitative estimate of drug-likeness (QED) is 0.611. The number of hydrogen-bond acceptors (Lipinski definition) is 3. The summed E-state index contributed by atoms with van der Waals surface area (Å²) < 4.78 is 6.76. The summed E-state index contributed by atoms with van der Waals surface area (Å²) in [7, 11) is 0. The van der Waals surface area contributed by atoms with Crippen molar-refractivity contribution in [1.82, 2.24) is 0 Å². The molecule has 170 valence electrons. The lowest BCUT2D eigenvalue weighted by atomic mass is 9.44. The summed E-state index contributed by atoms with van der Waals surface area (Å²) in [5, 5.41) is 10.3. The van der Waals surface area contributed by atoms with E-state index >= 15 is 0 Å². The third-order valence-corrected chi connectivity index (χ3v) is 11.3. The van der Waals surface area contributed by atoms with E-state index in [4.69, 9.17) is 10.5 Å². The molecular formula is C27H45NO2. The molecule has 5 aliphatic rings. The van der Waals surface area contributed by atoms with Crippen LogP contribution >= 0.6 is 0 Å². The Morgan fingerprint density at radius 1 is 1.07 bits per heavy atom. The molecule has 5 rings (SSSR count). The fourth-order valence-electron chi connectivity index (χ4n) is 9.70. The highest BCUT2D eigenvalue weighted by Gasteiger charge is 2.65. The molecule has 0 aromatic carbocycles. The zero-order valence-electron chi connectivity index (χ0n) is 19.6. The lowest BCUT2D eigenvalue weighted by Gasteiger charge is -2.61. The Morgan fingerprint density at radius 3 is 2.60 bits per heavy atom. The molecule has 4 aliphatic carbocycles. The van der Waals surface area contributed by atoms with Crippen molar-refractivity contribution >= 4 is 0 Å². The number of hydrogen-bond donors (Lipinski definition) is 2. The molecule has 0 bridgehead atoms. The number of nitrogens with two attached hydrogens (primary N) is 1. The summed E-state index contributed by atoms with van der Waals surface area (Å²) in [6.45, 7) is 12.4. The molecule has 3 N–H and O–H groups in total. The van der Waals surface area contributed by atoms with Crippen LogP contribution in [0.3, 0.4) is 0 Å². The molecule has 1 heterocycles. The van der Waals surface area contributed by atoms with Gasteiger partial charge in [0.25, 0.3) is 0 Å². The van der Waals surface area contributed by atoms with Gasteiger partial charge in [0, 0.05) is 6.54 Å². The Kier molecular flexibility index (Phi) is 5.43. The van der Waals surface area contributed by atoms with Crippen LogP contribution in [0.15, 0.2) is 12.2 Å². The van der Waals surface area contributed by atoms with E-state index in [1.54, 1.807) is 0 Å². The van der Waals surface area contributed by atoms with E-state index in [2.05, 4.69) is 27.4 Å². The number of rotatable bonds is 4. The second kappa shape index (κ2) is 7.59. The van der Waals surface area contributed by atoms with Gasteiger partial charge in [0.2, 0.25) is 0 Å². The molecule has 3 unspecified atom stereocenters. The third-order valence-electron chi connectivity index (χ3n) is 11.3. The van der Waals surface area contributed by atoms with Crippen molar-refractivity contribution in [2.75, 3.05) is 6.54 Å². The smallest absolute Gasteiger partial charge is 0.0618 e. The fourth-order valence-corrected chi connectivity index (χ4v) is 9.70. The van der Waals surface area contributed by atoms with Crippen LogP contribution in [0, 0.1) is 46.3 Å². The molecule has 0 aromatic rings. The van der Waals surface area contributed by atoms with Gasteiger partial charge in [-0.15, -0.1) is 0 Å². The highest BCUT2D eigenvalue weighted by Crippen LogP contribution is 2.70. The van der Waals surface area contributed by atoms with Crippen molar-refractivity contribution in [1.29, 1.82) is 0 Å². The fraction of sp³-hybridized carbons (Fsp3) is 0.926. The van der Waals surface area contributed by atoms with Crippen LogP contribution in [-0.4, -0.2) is 30.0 Å². The van der Waals surface area contributed by atoms with E-state index in [1.165, 1.54) is 38.5 Å². The summed E-state index contributed by atoms with van der Waals surface area (Å²) in [5.41, 5.74) is 7.86. The van der Waals surface area contributed by atoms with Crippen molar-refractivity contribution in [2.24, 2.45) is 52.1 Å². The number of fused-ring (bicyclic) bond motifs is 7. The maximum Gasteiger partial charge on any atom is 0.0618 e. The maximum atomic E-state index is 10.3. The maximum absolute atomic E-state index is 10.3. The van der Waals surface area contributed by atoms with Gasteiger partial charge in [-0.2, -0.15) is 0 Å². The highest BCUT2D eigenvalue weighted by atomic mass is 16.5. The minimum Gasteiger partial charge on any atom is -0.393 e. The van der Waals surface area contributed by atoms with Crippen molar-refractivity contribution < 1.29 is 9.84 Å². The molecule has 3 heteroatoms. The molecule has 30 heavy (non-hydrogen) atoms. The Labute approximate surface area is 184 Å². The minimum atomic E-state index is -0.0409. The Hall–Kier alpha value is -0.380. The third kappa shape index (κ3) is 3.09. The summed E-state index contributed by atoms with van der Waals surface area (Å²) in [5.74, 6) is 4.75. The summed E-state index contributed by atoms with van der Waals surface area (Å²) in [4.78, 5) is 0. The van der Waals surface area contributed by atoms with Crippen LogP contribution in [0.25, 0.3) is 0 Å². The van der Waals surface area contributed by atoms with E-state index < -0.39 is 0 Å². The van der Waals surface area contributed by atoms with Gasteiger partial charge in [0.1, 0.15) is 0 Å². The van der Waals surface area contributed by atoms with Gasteiger partial charge in [0.05, 0.1) is 18.3 Å². The second-order valence-electron chi connectivity index (χ2n) is 12.5. The van der Waals surface area contributed by atoms with Crippen LogP contribution < -0.4 is 5.73 Å². The lowest BCUT2D eigenvalue weighted by molar-refractivity contribution is -0.130. The second-order valence-corrected chi connectivity index (χ2v) is 12.5. The largest absolute Gasteiger partial charge is 0.393 e. The normalized spacial score (nSPS) is 54.8. The van der Waals surface area contributed by atoms with Crippen molar-refractivity contribution in [3.8, 4) is 0 Å². The standard InChI is InChI=1S/C27H45NO2/c1-16(15-28)5-8-23-17(2)25-24(30-23)14-22-20-7-6-18-13-19(29)9-11-26(18,3)21(20)10-12-27(22,25)4/h17-25,29H,1,5-15,28H2,2-4H3/t17-,18?,19?,20-,21+,22+,23?,24+,25+,26+,27+/m1/s1. The topological polar surface area (TPSA) is 55.5 Å². The van der Waals surface area contributed by atoms with Gasteiger partial charge < -0.3 is 15.6 Å². The molecule has 5 fully saturated rings. The molecule has 11 atom stereocenters. The van der Waals surface area contributed by atoms with E-state index in [1.807, 2.05) is 0 Å². The lowest BCUT2D eigenvalue weighted by Crippen LogP contribution is -2.54. The molecule has 0 aromatic heterocycles. The number of ether oxygens (including phenoxy) is 1. The molecular weight excluding hydrogens is 370 g/mol. The van der Waals surface area contributed by atoms with E-state index in [9.17, 15) is 5.11 Å². The predicted octanol–water partition coefficient (Wildman–Crippen LogP) is 5.31. The Balaban J connectivity index is 1.33. The van der Waals surface area contributed by atoms with Crippen LogP contribution in [0.4, 0.5) is 0 Å². The average Bonchev–Trinajstić information content (AvgIpc) is 3.20. The van der Waals surface area contributed by atoms with E-state index in [-0.39, 0.29) is 6.10 Å². The van der Waals surface area contributed by atoms with Gasteiger partial charge in [0.15, 0.2) is 0 Å². The van der Waals surface area contributed by atoms with E-state index in [0.717, 1.165) is 60.8 Å². The van der Waals surface area contributed by atoms with Crippen molar-refractivity contribution in [3.05, 3.63) is 12.2 Å². The number of aliphatic hydroxyl groups is 1. The zero-order valence-corrected chi connectivity index (χ0v) is 19.6. The first-order valence-electron chi connectivity index (χ1n) is 13.0. The van der Waals surface area contributed by atoms with Gasteiger partial charge >= 0.3 is 0 Å². The summed E-state index contributed by atoms with van der Waals surface area (Å²) in [6.07, 6.45) is 13.1. The van der Waals surface area contributed by atoms with Crippen LogP contribution in [0.5, 0.6) is 0 Å². The highest BCUT2D eigenvalue weighted by molar-refractivity contribution is 5.14. The average molecular weight is 416 g/mol. The molecule has 4 saturated carbocycles. The van der Waals surface area contributed by atoms with Crippen LogP contribution in [0.2, 0.25) is 0 Å². The Bertz CT molecular complexity index is 678. The molecule has 1 aliphatic heterocycles. The summed E-state index contributed by atoms with van der Waals surface area (Å²) >= 11 is 0. The first kappa shape index (κ1) is 21.5. The van der Waals surface area contributed by atoms with Crippen molar-refractivity contribution in [2.45, 2.75) is 103 Å². The zero-order chi connectivity index (χ0) is 21.3. The molecule has 1 saturated heterocycles. The first-order valence-corrected chi connectivity index (χ1v) is 13.0. The van der Waals surface area contributed by atoms with Gasteiger partial charge in [-0.05, 0) is 111 Å². The van der Waals surface area contributed by atoms with Crippen LogP contribution in [-0.2, 0) is 4.74 Å². The Morgan fingerprint density at radius 2 is 1.83 bits per heavy atom. The number of aliphatic hydroxyl groups excluding tert-OH is 1. The summed E-state index contributed by atoms with van der Waals surface area (Å²) in [6, 6.07) is 0.